The number of nitrogens with one attached hydrogen (secondary N) is 2. The first-order chi connectivity index (χ1) is 7.83. The molecular formula is C12H15N3O. The van der Waals surface area contributed by atoms with E-state index in [0.29, 0.717) is 0 Å². The highest BCUT2D eigenvalue weighted by Crippen LogP contribution is 2.22. The Kier molecular flexibility index (Phi) is 2.29. The maximum atomic E-state index is 9.72. The van der Waals surface area contributed by atoms with Crippen molar-refractivity contribution in [1.82, 2.24) is 9.97 Å². The molecule has 16 heavy (non-hydrogen) atoms. The Balaban J connectivity index is 1.83. The van der Waals surface area contributed by atoms with Crippen LogP contribution < -0.4 is 5.32 Å². The fraction of sp³-hybridized carbons (Fsp3) is 0.417. The number of nitrogens with zero attached hydrogens (tertiary/aromatic N) is 1. The summed E-state index contributed by atoms with van der Waals surface area (Å²) >= 11 is 0. The summed E-state index contributed by atoms with van der Waals surface area (Å²) in [6.45, 7) is 0. The van der Waals surface area contributed by atoms with Crippen molar-refractivity contribution in [3.05, 3.63) is 24.3 Å². The molecule has 0 aliphatic heterocycles. The molecule has 4 nitrogen and oxygen atoms in total. The van der Waals surface area contributed by atoms with E-state index in [1.807, 2.05) is 24.3 Å². The Labute approximate surface area is 93.7 Å². The molecular weight excluding hydrogens is 202 g/mol. The molecule has 3 N–H and O–H groups in total. The van der Waals surface area contributed by atoms with Crippen LogP contribution in [0, 0.1) is 0 Å². The third-order valence-electron chi connectivity index (χ3n) is 3.19. The van der Waals surface area contributed by atoms with Gasteiger partial charge in [-0.25, -0.2) is 4.98 Å². The van der Waals surface area contributed by atoms with E-state index in [-0.39, 0.29) is 12.1 Å². The third kappa shape index (κ3) is 1.65. The van der Waals surface area contributed by atoms with Crippen LogP contribution in [0.4, 0.5) is 5.95 Å². The minimum Gasteiger partial charge on any atom is -0.391 e. The van der Waals surface area contributed by atoms with Gasteiger partial charge in [0.25, 0.3) is 0 Å². The fourth-order valence-corrected chi connectivity index (χ4v) is 2.31. The molecule has 0 amide bonds. The van der Waals surface area contributed by atoms with Gasteiger partial charge in [0.15, 0.2) is 0 Å². The fourth-order valence-electron chi connectivity index (χ4n) is 2.31. The zero-order valence-electron chi connectivity index (χ0n) is 8.98. The van der Waals surface area contributed by atoms with Crippen LogP contribution in [0.1, 0.15) is 19.3 Å². The van der Waals surface area contributed by atoms with Crippen molar-refractivity contribution in [3.63, 3.8) is 0 Å². The number of aliphatic hydroxyl groups excluding tert-OH is 1. The summed E-state index contributed by atoms with van der Waals surface area (Å²) in [5.41, 5.74) is 1.98. The molecule has 1 aromatic carbocycles. The maximum absolute atomic E-state index is 9.72. The Hall–Kier alpha value is -1.55. The molecule has 0 radical (unpaired) electrons. The van der Waals surface area contributed by atoms with E-state index >= 15 is 0 Å². The number of para-hydroxylation sites is 2. The lowest BCUT2D eigenvalue weighted by atomic mass is 10.2. The van der Waals surface area contributed by atoms with E-state index < -0.39 is 0 Å². The molecule has 84 valence electrons. The standard InChI is InChI=1S/C12H15N3O/c16-11-7-3-6-10(11)15-12-13-8-4-1-2-5-9(8)14-12/h1-2,4-5,10-11,16H,3,6-7H2,(H2,13,14,15)/t10-,11-/m0/s1. The highest BCUT2D eigenvalue weighted by molar-refractivity contribution is 5.77. The van der Waals surface area contributed by atoms with Crippen molar-refractivity contribution in [2.24, 2.45) is 0 Å². The molecule has 1 saturated carbocycles. The number of anilines is 1. The van der Waals surface area contributed by atoms with E-state index in [1.54, 1.807) is 0 Å². The van der Waals surface area contributed by atoms with E-state index in [9.17, 15) is 5.11 Å². The van der Waals surface area contributed by atoms with Gasteiger partial charge in [-0.05, 0) is 31.4 Å². The van der Waals surface area contributed by atoms with Crippen LogP contribution in [-0.4, -0.2) is 27.2 Å². The van der Waals surface area contributed by atoms with E-state index in [4.69, 9.17) is 0 Å². The van der Waals surface area contributed by atoms with Crippen LogP contribution >= 0.6 is 0 Å². The first-order valence-corrected chi connectivity index (χ1v) is 5.72. The molecule has 1 fully saturated rings. The molecule has 1 heterocycles. The van der Waals surface area contributed by atoms with Crippen molar-refractivity contribution in [2.45, 2.75) is 31.4 Å². The Morgan fingerprint density at radius 2 is 2.19 bits per heavy atom. The second-order valence-electron chi connectivity index (χ2n) is 4.35. The van der Waals surface area contributed by atoms with E-state index in [0.717, 1.165) is 36.2 Å². The summed E-state index contributed by atoms with van der Waals surface area (Å²) in [5, 5.41) is 13.0. The minimum absolute atomic E-state index is 0.139. The van der Waals surface area contributed by atoms with Crippen LogP contribution in [-0.2, 0) is 0 Å². The average Bonchev–Trinajstić information content (AvgIpc) is 2.85. The van der Waals surface area contributed by atoms with Gasteiger partial charge in [-0.2, -0.15) is 0 Å². The Bertz CT molecular complexity index is 461. The SMILES string of the molecule is O[C@H]1CCC[C@@H]1Nc1nc2ccccc2[nH]1. The van der Waals surface area contributed by atoms with E-state index in [1.165, 1.54) is 0 Å². The number of hydrogen-bond donors (Lipinski definition) is 3. The number of rotatable bonds is 2. The van der Waals surface area contributed by atoms with Gasteiger partial charge < -0.3 is 15.4 Å². The lowest BCUT2D eigenvalue weighted by Gasteiger charge is -2.15. The van der Waals surface area contributed by atoms with Crippen LogP contribution in [0.5, 0.6) is 0 Å². The second kappa shape index (κ2) is 3.79. The van der Waals surface area contributed by atoms with Crippen molar-refractivity contribution < 1.29 is 5.11 Å². The first kappa shape index (κ1) is 9.66. The lowest BCUT2D eigenvalue weighted by Crippen LogP contribution is -2.28. The number of imidazole rings is 1. The number of aromatic amines is 1. The average molecular weight is 217 g/mol. The van der Waals surface area contributed by atoms with Gasteiger partial charge in [0.05, 0.1) is 23.2 Å². The highest BCUT2D eigenvalue weighted by Gasteiger charge is 2.25. The molecule has 0 saturated heterocycles. The molecule has 2 atom stereocenters. The number of H-pyrrole nitrogens is 1. The second-order valence-corrected chi connectivity index (χ2v) is 4.35. The lowest BCUT2D eigenvalue weighted by molar-refractivity contribution is 0.171. The topological polar surface area (TPSA) is 60.9 Å². The van der Waals surface area contributed by atoms with Gasteiger partial charge in [0.1, 0.15) is 0 Å². The quantitative estimate of drug-likeness (QED) is 0.720. The third-order valence-corrected chi connectivity index (χ3v) is 3.19. The molecule has 3 rings (SSSR count). The normalized spacial score (nSPS) is 25.1. The molecule has 2 aromatic rings. The summed E-state index contributed by atoms with van der Waals surface area (Å²) in [4.78, 5) is 7.64. The molecule has 0 spiro atoms. The smallest absolute Gasteiger partial charge is 0.201 e. The van der Waals surface area contributed by atoms with Crippen molar-refractivity contribution in [1.29, 1.82) is 0 Å². The van der Waals surface area contributed by atoms with Gasteiger partial charge in [-0.15, -0.1) is 0 Å². The van der Waals surface area contributed by atoms with Crippen LogP contribution in [0.2, 0.25) is 0 Å². The van der Waals surface area contributed by atoms with Gasteiger partial charge in [0, 0.05) is 0 Å². The van der Waals surface area contributed by atoms with Crippen LogP contribution in [0.15, 0.2) is 24.3 Å². The summed E-state index contributed by atoms with van der Waals surface area (Å²) in [5.74, 6) is 0.757. The molecule has 1 aromatic heterocycles. The summed E-state index contributed by atoms with van der Waals surface area (Å²) in [7, 11) is 0. The van der Waals surface area contributed by atoms with Crippen LogP contribution in [0.3, 0.4) is 0 Å². The first-order valence-electron chi connectivity index (χ1n) is 5.72. The molecule has 1 aliphatic rings. The number of hydrogen-bond acceptors (Lipinski definition) is 3. The van der Waals surface area contributed by atoms with Crippen LogP contribution in [0.25, 0.3) is 11.0 Å². The Morgan fingerprint density at radius 3 is 2.94 bits per heavy atom. The van der Waals surface area contributed by atoms with Crippen molar-refractivity contribution in [2.75, 3.05) is 5.32 Å². The Morgan fingerprint density at radius 1 is 1.31 bits per heavy atom. The number of aromatic nitrogens is 2. The van der Waals surface area contributed by atoms with Gasteiger partial charge in [-0.1, -0.05) is 12.1 Å². The molecule has 0 unspecified atom stereocenters. The predicted molar refractivity (Wildman–Crippen MR) is 63.4 cm³/mol. The van der Waals surface area contributed by atoms with E-state index in [2.05, 4.69) is 15.3 Å². The van der Waals surface area contributed by atoms with Gasteiger partial charge >= 0.3 is 0 Å². The summed E-state index contributed by atoms with van der Waals surface area (Å²) in [6, 6.07) is 8.06. The summed E-state index contributed by atoms with van der Waals surface area (Å²) in [6.07, 6.45) is 2.74. The zero-order valence-corrected chi connectivity index (χ0v) is 8.98. The zero-order chi connectivity index (χ0) is 11.0. The maximum Gasteiger partial charge on any atom is 0.201 e. The molecule has 4 heteroatoms. The number of aliphatic hydroxyl groups is 1. The van der Waals surface area contributed by atoms with Gasteiger partial charge in [-0.3, -0.25) is 0 Å². The number of benzene rings is 1. The van der Waals surface area contributed by atoms with Crippen molar-refractivity contribution >= 4 is 17.0 Å². The number of fused-ring (bicyclic) bond motifs is 1. The van der Waals surface area contributed by atoms with Gasteiger partial charge in [0.2, 0.25) is 5.95 Å². The minimum atomic E-state index is -0.242. The largest absolute Gasteiger partial charge is 0.391 e. The monoisotopic (exact) mass is 217 g/mol. The predicted octanol–water partition coefficient (Wildman–Crippen LogP) is 1.89. The molecule has 1 aliphatic carbocycles. The van der Waals surface area contributed by atoms with Crippen molar-refractivity contribution in [3.8, 4) is 0 Å². The molecule has 0 bridgehead atoms. The highest BCUT2D eigenvalue weighted by atomic mass is 16.3. The summed E-state index contributed by atoms with van der Waals surface area (Å²) < 4.78 is 0.